The third kappa shape index (κ3) is 7.42. The summed E-state index contributed by atoms with van der Waals surface area (Å²) < 4.78 is 26.2. The first-order chi connectivity index (χ1) is 18.4. The molecule has 0 aromatic heterocycles. The van der Waals surface area contributed by atoms with Gasteiger partial charge in [0.1, 0.15) is 11.6 Å². The van der Waals surface area contributed by atoms with Crippen molar-refractivity contribution in [2.45, 2.75) is 58.5 Å². The second-order valence-electron chi connectivity index (χ2n) is 9.78. The summed E-state index contributed by atoms with van der Waals surface area (Å²) in [5.74, 6) is 0.268. The Morgan fingerprint density at radius 3 is 2.32 bits per heavy atom. The number of rotatable bonds is 14. The predicted molar refractivity (Wildman–Crippen MR) is 152 cm³/mol. The molecule has 0 heterocycles. The minimum Gasteiger partial charge on any atom is -0.493 e. The molecule has 0 radical (unpaired) electrons. The topological polar surface area (TPSA) is 64.8 Å². The molecule has 5 nitrogen and oxygen atoms in total. The Kier molecular flexibility index (Phi) is 11.3. The van der Waals surface area contributed by atoms with Crippen molar-refractivity contribution in [1.29, 1.82) is 0 Å². The molecule has 0 saturated heterocycles. The number of aryl methyl sites for hydroxylation is 1. The number of hydrogen-bond donors (Lipinski definition) is 1. The number of carbonyl (C=O) groups is 1. The quantitative estimate of drug-likeness (QED) is 0.252. The van der Waals surface area contributed by atoms with Crippen LogP contribution in [-0.2, 0) is 22.4 Å². The molecule has 0 aliphatic rings. The van der Waals surface area contributed by atoms with Crippen LogP contribution in [0.25, 0.3) is 11.1 Å². The van der Waals surface area contributed by atoms with Crippen LogP contribution in [0.1, 0.15) is 56.3 Å². The van der Waals surface area contributed by atoms with Gasteiger partial charge in [0, 0.05) is 43.9 Å². The van der Waals surface area contributed by atoms with E-state index in [0.29, 0.717) is 43.1 Å². The summed E-state index contributed by atoms with van der Waals surface area (Å²) >= 11 is 0. The van der Waals surface area contributed by atoms with E-state index < -0.39 is 0 Å². The van der Waals surface area contributed by atoms with Crippen molar-refractivity contribution in [2.24, 2.45) is 5.73 Å². The number of ether oxygens (including phenoxy) is 2. The van der Waals surface area contributed by atoms with Crippen molar-refractivity contribution in [3.8, 4) is 16.9 Å². The van der Waals surface area contributed by atoms with Gasteiger partial charge in [-0.05, 0) is 55.2 Å². The summed E-state index contributed by atoms with van der Waals surface area (Å²) in [5, 5.41) is 0. The van der Waals surface area contributed by atoms with Gasteiger partial charge in [0.05, 0.1) is 19.1 Å². The van der Waals surface area contributed by atoms with Gasteiger partial charge in [0.25, 0.3) is 0 Å². The summed E-state index contributed by atoms with van der Waals surface area (Å²) in [6, 6.07) is 20.3. The second kappa shape index (κ2) is 14.6. The standard InChI is InChI=1S/C32H41FN2O3/c1-5-12-25-19-28(27-15-9-10-16-29(27)33)31(38-18-11-17-37-4)20-26(25)21-32(36)35(23(2)3)30(22-34)24-13-7-6-8-14-24/h6-10,13-16,19-20,23,30H,5,11-12,17-18,21-22,34H2,1-4H3/t30-/m0/s1. The van der Waals surface area contributed by atoms with Gasteiger partial charge in [-0.3, -0.25) is 4.79 Å². The number of carbonyl (C=O) groups excluding carboxylic acids is 1. The maximum absolute atomic E-state index is 14.9. The average molecular weight is 521 g/mol. The molecule has 0 unspecified atom stereocenters. The van der Waals surface area contributed by atoms with Gasteiger partial charge in [0.2, 0.25) is 5.91 Å². The fourth-order valence-electron chi connectivity index (χ4n) is 4.89. The van der Waals surface area contributed by atoms with E-state index in [0.717, 1.165) is 29.5 Å². The van der Waals surface area contributed by atoms with Crippen LogP contribution in [0.4, 0.5) is 4.39 Å². The van der Waals surface area contributed by atoms with Crippen LogP contribution >= 0.6 is 0 Å². The molecule has 3 rings (SSSR count). The summed E-state index contributed by atoms with van der Waals surface area (Å²) in [7, 11) is 1.65. The van der Waals surface area contributed by atoms with Crippen LogP contribution in [0.2, 0.25) is 0 Å². The van der Waals surface area contributed by atoms with E-state index in [-0.39, 0.29) is 30.2 Å². The van der Waals surface area contributed by atoms with Crippen molar-refractivity contribution in [3.63, 3.8) is 0 Å². The molecule has 2 N–H and O–H groups in total. The highest BCUT2D eigenvalue weighted by atomic mass is 19.1. The molecule has 0 spiro atoms. The molecule has 3 aromatic rings. The highest BCUT2D eigenvalue weighted by molar-refractivity contribution is 5.81. The van der Waals surface area contributed by atoms with E-state index in [4.69, 9.17) is 15.2 Å². The zero-order valence-electron chi connectivity index (χ0n) is 23.1. The monoisotopic (exact) mass is 520 g/mol. The molecule has 0 bridgehead atoms. The van der Waals surface area contributed by atoms with E-state index in [1.54, 1.807) is 19.2 Å². The second-order valence-corrected chi connectivity index (χ2v) is 9.78. The minimum atomic E-state index is -0.305. The first kappa shape index (κ1) is 29.3. The van der Waals surface area contributed by atoms with Gasteiger partial charge in [-0.1, -0.05) is 61.9 Å². The number of hydrogen-bond acceptors (Lipinski definition) is 4. The van der Waals surface area contributed by atoms with Crippen molar-refractivity contribution in [2.75, 3.05) is 26.9 Å². The van der Waals surface area contributed by atoms with Gasteiger partial charge < -0.3 is 20.1 Å². The Bertz CT molecular complexity index is 1170. The molecule has 204 valence electrons. The Morgan fingerprint density at radius 1 is 0.974 bits per heavy atom. The molecular formula is C32H41FN2O3. The number of halogens is 1. The third-order valence-corrected chi connectivity index (χ3v) is 6.66. The summed E-state index contributed by atoms with van der Waals surface area (Å²) in [5.41, 5.74) is 10.3. The van der Waals surface area contributed by atoms with Crippen molar-refractivity contribution in [1.82, 2.24) is 4.90 Å². The zero-order valence-corrected chi connectivity index (χ0v) is 23.1. The van der Waals surface area contributed by atoms with Gasteiger partial charge in [-0.2, -0.15) is 0 Å². The van der Waals surface area contributed by atoms with Gasteiger partial charge in [-0.15, -0.1) is 0 Å². The summed E-state index contributed by atoms with van der Waals surface area (Å²) in [6.45, 7) is 7.46. The molecule has 6 heteroatoms. The summed E-state index contributed by atoms with van der Waals surface area (Å²) in [4.78, 5) is 15.7. The highest BCUT2D eigenvalue weighted by Gasteiger charge is 2.27. The van der Waals surface area contributed by atoms with E-state index in [1.165, 1.54) is 6.07 Å². The van der Waals surface area contributed by atoms with E-state index >= 15 is 0 Å². The summed E-state index contributed by atoms with van der Waals surface area (Å²) in [6.07, 6.45) is 2.58. The molecule has 0 saturated carbocycles. The first-order valence-electron chi connectivity index (χ1n) is 13.5. The van der Waals surface area contributed by atoms with Crippen LogP contribution in [-0.4, -0.2) is 43.7 Å². The lowest BCUT2D eigenvalue weighted by atomic mass is 9.93. The van der Waals surface area contributed by atoms with Crippen LogP contribution < -0.4 is 10.5 Å². The lowest BCUT2D eigenvalue weighted by Gasteiger charge is -2.35. The molecular weight excluding hydrogens is 479 g/mol. The highest BCUT2D eigenvalue weighted by Crippen LogP contribution is 2.36. The fraction of sp³-hybridized carbons (Fsp3) is 0.406. The largest absolute Gasteiger partial charge is 0.493 e. The van der Waals surface area contributed by atoms with Crippen LogP contribution in [0, 0.1) is 5.82 Å². The number of benzene rings is 3. The Labute approximate surface area is 226 Å². The first-order valence-corrected chi connectivity index (χ1v) is 13.5. The molecule has 3 aromatic carbocycles. The van der Waals surface area contributed by atoms with Crippen LogP contribution in [0.3, 0.4) is 0 Å². The minimum absolute atomic E-state index is 0.000584. The number of amides is 1. The molecule has 1 amide bonds. The smallest absolute Gasteiger partial charge is 0.227 e. The number of nitrogens with zero attached hydrogens (tertiary/aromatic N) is 1. The normalized spacial score (nSPS) is 12.0. The van der Waals surface area contributed by atoms with Crippen molar-refractivity contribution < 1.29 is 18.7 Å². The average Bonchev–Trinajstić information content (AvgIpc) is 2.91. The van der Waals surface area contributed by atoms with Gasteiger partial charge in [0.15, 0.2) is 0 Å². The van der Waals surface area contributed by atoms with Gasteiger partial charge in [-0.25, -0.2) is 4.39 Å². The van der Waals surface area contributed by atoms with Gasteiger partial charge >= 0.3 is 0 Å². The Balaban J connectivity index is 2.02. The number of methoxy groups -OCH3 is 1. The van der Waals surface area contributed by atoms with E-state index in [2.05, 4.69) is 6.92 Å². The van der Waals surface area contributed by atoms with Crippen LogP contribution in [0.5, 0.6) is 5.75 Å². The molecule has 1 atom stereocenters. The fourth-order valence-corrected chi connectivity index (χ4v) is 4.89. The van der Waals surface area contributed by atoms with Crippen molar-refractivity contribution >= 4 is 5.91 Å². The zero-order chi connectivity index (χ0) is 27.5. The van der Waals surface area contributed by atoms with E-state index in [9.17, 15) is 9.18 Å². The van der Waals surface area contributed by atoms with E-state index in [1.807, 2.05) is 67.3 Å². The van der Waals surface area contributed by atoms with Crippen LogP contribution in [0.15, 0.2) is 66.7 Å². The predicted octanol–water partition coefficient (Wildman–Crippen LogP) is 6.34. The number of nitrogens with two attached hydrogens (primary N) is 1. The molecule has 0 fully saturated rings. The van der Waals surface area contributed by atoms with Crippen molar-refractivity contribution in [3.05, 3.63) is 89.2 Å². The maximum Gasteiger partial charge on any atom is 0.227 e. The Hall–Kier alpha value is -3.22. The molecule has 0 aliphatic carbocycles. The molecule has 0 aliphatic heterocycles. The molecule has 38 heavy (non-hydrogen) atoms. The lowest BCUT2D eigenvalue weighted by Crippen LogP contribution is -2.43. The third-order valence-electron chi connectivity index (χ3n) is 6.66. The lowest BCUT2D eigenvalue weighted by molar-refractivity contribution is -0.134. The Morgan fingerprint density at radius 2 is 1.68 bits per heavy atom. The maximum atomic E-state index is 14.9. The SMILES string of the molecule is CCCc1cc(-c2ccccc2F)c(OCCCOC)cc1CC(=O)N(C(C)C)[C@@H](CN)c1ccccc1.